The third-order valence-corrected chi connectivity index (χ3v) is 7.20. The Morgan fingerprint density at radius 1 is 1.15 bits per heavy atom. The van der Waals surface area contributed by atoms with Crippen LogP contribution in [0.1, 0.15) is 24.1 Å². The number of benzene rings is 1. The molecule has 144 valence electrons. The molecular formula is C21H28N4OS. The number of pyridine rings is 1. The minimum absolute atomic E-state index is 0.0614. The number of hydrogen-bond donors (Lipinski definition) is 0. The number of fused-ring (bicyclic) bond motifs is 1. The topological polar surface area (TPSA) is 41.0 Å². The zero-order valence-corrected chi connectivity index (χ0v) is 17.2. The van der Waals surface area contributed by atoms with E-state index in [4.69, 9.17) is 4.74 Å². The summed E-state index contributed by atoms with van der Waals surface area (Å²) in [6.07, 6.45) is 5.14. The van der Waals surface area contributed by atoms with Gasteiger partial charge in [-0.3, -0.25) is 9.26 Å². The maximum absolute atomic E-state index is 5.74. The van der Waals surface area contributed by atoms with Gasteiger partial charge >= 0.3 is 0 Å². The Morgan fingerprint density at radius 2 is 1.96 bits per heavy atom. The van der Waals surface area contributed by atoms with Crippen LogP contribution in [0.4, 0.5) is 5.82 Å². The average molecular weight is 385 g/mol. The van der Waals surface area contributed by atoms with E-state index in [0.29, 0.717) is 6.04 Å². The summed E-state index contributed by atoms with van der Waals surface area (Å²) in [6.45, 7) is 7.23. The van der Waals surface area contributed by atoms with Crippen LogP contribution >= 0.6 is 0 Å². The molecule has 0 saturated carbocycles. The number of anilines is 1. The van der Waals surface area contributed by atoms with Gasteiger partial charge in [0.25, 0.3) is 0 Å². The van der Waals surface area contributed by atoms with E-state index in [-0.39, 0.29) is 10.7 Å². The third-order valence-electron chi connectivity index (χ3n) is 5.72. The molecule has 5 nitrogen and oxygen atoms in total. The van der Waals surface area contributed by atoms with Crippen molar-refractivity contribution in [2.24, 2.45) is 4.36 Å². The van der Waals surface area contributed by atoms with Crippen molar-refractivity contribution in [1.29, 1.82) is 0 Å². The van der Waals surface area contributed by atoms with Crippen molar-refractivity contribution in [2.45, 2.75) is 24.3 Å². The van der Waals surface area contributed by atoms with Gasteiger partial charge in [0.15, 0.2) is 0 Å². The normalized spacial score (nSPS) is 19.6. The van der Waals surface area contributed by atoms with Crippen LogP contribution in [0.3, 0.4) is 0 Å². The van der Waals surface area contributed by atoms with Crippen LogP contribution in [-0.2, 0) is 17.1 Å². The molecule has 4 rings (SSSR count). The maximum atomic E-state index is 5.74. The molecule has 0 radical (unpaired) electrons. The van der Waals surface area contributed by atoms with Gasteiger partial charge in [-0.05, 0) is 42.5 Å². The van der Waals surface area contributed by atoms with Crippen LogP contribution in [0.5, 0.6) is 5.75 Å². The number of piperazine rings is 1. The molecule has 0 spiro atoms. The molecule has 1 aromatic carbocycles. The molecule has 1 fully saturated rings. The average Bonchev–Trinajstić information content (AvgIpc) is 3.21. The first-order valence-electron chi connectivity index (χ1n) is 9.62. The fraction of sp³-hybridized carbons (Fsp3) is 0.476. The first kappa shape index (κ1) is 18.4. The number of rotatable bonds is 4. The van der Waals surface area contributed by atoms with Crippen LogP contribution in [0.15, 0.2) is 45.8 Å². The van der Waals surface area contributed by atoms with Crippen molar-refractivity contribution in [3.63, 3.8) is 0 Å². The lowest BCUT2D eigenvalue weighted by Gasteiger charge is -2.38. The first-order valence-corrected chi connectivity index (χ1v) is 11.2. The smallest absolute Gasteiger partial charge is 0.128 e. The molecule has 2 aliphatic heterocycles. The summed E-state index contributed by atoms with van der Waals surface area (Å²) in [4.78, 5) is 10.8. The van der Waals surface area contributed by atoms with Crippen molar-refractivity contribution < 1.29 is 4.74 Å². The zero-order chi connectivity index (χ0) is 18.8. The number of aromatic nitrogens is 1. The van der Waals surface area contributed by atoms with Gasteiger partial charge in [0.05, 0.1) is 6.61 Å². The van der Waals surface area contributed by atoms with Gasteiger partial charge in [0.1, 0.15) is 11.6 Å². The molecule has 0 bridgehead atoms. The number of ether oxygens (including phenoxy) is 1. The highest BCUT2D eigenvalue weighted by atomic mass is 32.2. The summed E-state index contributed by atoms with van der Waals surface area (Å²) >= 11 is 0. The first-order chi connectivity index (χ1) is 13.2. The molecule has 1 saturated heterocycles. The van der Waals surface area contributed by atoms with Gasteiger partial charge in [-0.15, -0.1) is 0 Å². The van der Waals surface area contributed by atoms with E-state index in [0.717, 1.165) is 50.8 Å². The zero-order valence-electron chi connectivity index (χ0n) is 16.4. The predicted molar refractivity (Wildman–Crippen MR) is 112 cm³/mol. The summed E-state index contributed by atoms with van der Waals surface area (Å²) in [7, 11) is 1.80. The van der Waals surface area contributed by atoms with E-state index in [1.165, 1.54) is 16.0 Å². The Balaban J connectivity index is 1.38. The van der Waals surface area contributed by atoms with Gasteiger partial charge in [0.2, 0.25) is 0 Å². The van der Waals surface area contributed by atoms with E-state index in [1.807, 2.05) is 13.2 Å². The Bertz CT molecular complexity index is 829. The van der Waals surface area contributed by atoms with Crippen molar-refractivity contribution in [1.82, 2.24) is 9.88 Å². The summed E-state index contributed by atoms with van der Waals surface area (Å²) in [5.74, 6) is 2.15. The number of nitrogens with zero attached hydrogens (tertiary/aromatic N) is 4. The SMILES string of the molecule is CN=S(C)c1ccc(N2CCN(C(C)c3ccc4c(c3)OCC4)CC2)nc1. The Labute approximate surface area is 164 Å². The van der Waals surface area contributed by atoms with Crippen LogP contribution in [0.2, 0.25) is 0 Å². The van der Waals surface area contributed by atoms with Crippen molar-refractivity contribution in [3.8, 4) is 5.75 Å². The fourth-order valence-corrected chi connectivity index (χ4v) is 4.51. The summed E-state index contributed by atoms with van der Waals surface area (Å²) < 4.78 is 10.1. The largest absolute Gasteiger partial charge is 0.493 e. The molecule has 2 unspecified atom stereocenters. The molecule has 27 heavy (non-hydrogen) atoms. The Kier molecular flexibility index (Phi) is 5.45. The van der Waals surface area contributed by atoms with E-state index in [2.05, 4.69) is 62.7 Å². The molecule has 2 aromatic rings. The Hall–Kier alpha value is -1.92. The van der Waals surface area contributed by atoms with E-state index >= 15 is 0 Å². The quantitative estimate of drug-likeness (QED) is 0.811. The second-order valence-corrected chi connectivity index (χ2v) is 8.97. The molecule has 1 aromatic heterocycles. The lowest BCUT2D eigenvalue weighted by atomic mass is 10.0. The predicted octanol–water partition coefficient (Wildman–Crippen LogP) is 3.32. The minimum Gasteiger partial charge on any atom is -0.493 e. The number of hydrogen-bond acceptors (Lipinski definition) is 5. The fourth-order valence-electron chi connectivity index (χ4n) is 3.83. The highest BCUT2D eigenvalue weighted by Crippen LogP contribution is 2.31. The Morgan fingerprint density at radius 3 is 2.67 bits per heavy atom. The minimum atomic E-state index is -0.0614. The van der Waals surface area contributed by atoms with Crippen LogP contribution in [0, 0.1) is 0 Å². The summed E-state index contributed by atoms with van der Waals surface area (Å²) in [5, 5.41) is 0. The molecular weight excluding hydrogens is 356 g/mol. The molecule has 2 atom stereocenters. The van der Waals surface area contributed by atoms with Gasteiger partial charge in [0, 0.05) is 56.8 Å². The summed E-state index contributed by atoms with van der Waals surface area (Å²) in [5.41, 5.74) is 2.70. The van der Waals surface area contributed by atoms with E-state index < -0.39 is 0 Å². The van der Waals surface area contributed by atoms with Gasteiger partial charge in [-0.25, -0.2) is 4.98 Å². The standard InChI is InChI=1S/C21H28N4OS/c1-16(18-5-4-17-8-13-26-20(17)14-18)24-9-11-25(12-10-24)21-7-6-19(15-23-21)27(3)22-2/h4-7,14-16H,8-13H2,1-3H3. The monoisotopic (exact) mass is 384 g/mol. The molecule has 0 amide bonds. The van der Waals surface area contributed by atoms with Gasteiger partial charge < -0.3 is 9.64 Å². The second-order valence-electron chi connectivity index (χ2n) is 7.18. The maximum Gasteiger partial charge on any atom is 0.128 e. The highest BCUT2D eigenvalue weighted by Gasteiger charge is 2.24. The van der Waals surface area contributed by atoms with Gasteiger partial charge in [-0.1, -0.05) is 22.8 Å². The molecule has 3 heterocycles. The highest BCUT2D eigenvalue weighted by molar-refractivity contribution is 7.86. The van der Waals surface area contributed by atoms with Crippen LogP contribution in [-0.4, -0.2) is 56.0 Å². The molecule has 0 aliphatic carbocycles. The second kappa shape index (κ2) is 7.98. The van der Waals surface area contributed by atoms with Crippen LogP contribution < -0.4 is 9.64 Å². The third kappa shape index (κ3) is 3.87. The van der Waals surface area contributed by atoms with Crippen molar-refractivity contribution >= 4 is 16.5 Å². The van der Waals surface area contributed by atoms with Crippen molar-refractivity contribution in [2.75, 3.05) is 51.0 Å². The molecule has 2 aliphatic rings. The molecule has 0 N–H and O–H groups in total. The van der Waals surface area contributed by atoms with E-state index in [1.54, 1.807) is 0 Å². The van der Waals surface area contributed by atoms with E-state index in [9.17, 15) is 0 Å². The van der Waals surface area contributed by atoms with Gasteiger partial charge in [-0.2, -0.15) is 0 Å². The lowest BCUT2D eigenvalue weighted by molar-refractivity contribution is 0.198. The molecule has 6 heteroatoms. The lowest BCUT2D eigenvalue weighted by Crippen LogP contribution is -2.47. The van der Waals surface area contributed by atoms with Crippen LogP contribution in [0.25, 0.3) is 0 Å². The van der Waals surface area contributed by atoms with Crippen molar-refractivity contribution in [3.05, 3.63) is 47.7 Å². The summed E-state index contributed by atoms with van der Waals surface area (Å²) in [6, 6.07) is 11.5.